The van der Waals surface area contributed by atoms with Gasteiger partial charge in [-0.2, -0.15) is 12.6 Å². The molecule has 1 saturated heterocycles. The summed E-state index contributed by atoms with van der Waals surface area (Å²) in [5.41, 5.74) is 5.28. The highest BCUT2D eigenvalue weighted by Gasteiger charge is 2.37. The van der Waals surface area contributed by atoms with Crippen LogP contribution in [0.2, 0.25) is 0 Å². The number of nitrogens with zero attached hydrogens (tertiary/aromatic N) is 1. The van der Waals surface area contributed by atoms with Crippen LogP contribution >= 0.6 is 12.6 Å². The molecule has 0 aromatic carbocycles. The highest BCUT2D eigenvalue weighted by molar-refractivity contribution is 7.80. The molecule has 0 saturated carbocycles. The quantitative estimate of drug-likeness (QED) is 0.320. The lowest BCUT2D eigenvalue weighted by Gasteiger charge is -2.28. The molecule has 148 valence electrons. The van der Waals surface area contributed by atoms with E-state index in [1.807, 2.05) is 13.8 Å². The lowest BCUT2D eigenvalue weighted by molar-refractivity contribution is -0.149. The zero-order valence-corrected chi connectivity index (χ0v) is 16.0. The average molecular weight is 388 g/mol. The maximum atomic E-state index is 12.6. The molecule has 10 heteroatoms. The number of carboxylic acid groups (broad SMARTS) is 1. The third kappa shape index (κ3) is 6.17. The number of carbonyl (C=O) groups excluding carboxylic acids is 3. The third-order valence-corrected chi connectivity index (χ3v) is 4.53. The first-order valence-electron chi connectivity index (χ1n) is 8.65. The van der Waals surface area contributed by atoms with E-state index in [4.69, 9.17) is 5.73 Å². The number of rotatable bonds is 9. The molecule has 1 rings (SSSR count). The second-order valence-corrected chi connectivity index (χ2v) is 7.09. The van der Waals surface area contributed by atoms with Gasteiger partial charge >= 0.3 is 5.97 Å². The molecule has 1 aliphatic rings. The number of nitrogens with two attached hydrogens (primary N) is 1. The first-order valence-corrected chi connectivity index (χ1v) is 9.28. The summed E-state index contributed by atoms with van der Waals surface area (Å²) in [5, 5.41) is 14.3. The monoisotopic (exact) mass is 388 g/mol. The second kappa shape index (κ2) is 10.4. The molecular weight excluding hydrogens is 360 g/mol. The summed E-state index contributed by atoms with van der Waals surface area (Å²) in [7, 11) is 0. The topological polar surface area (TPSA) is 142 Å². The number of thiol groups is 1. The van der Waals surface area contributed by atoms with E-state index < -0.39 is 41.8 Å². The van der Waals surface area contributed by atoms with Gasteiger partial charge in [0.05, 0.1) is 6.54 Å². The van der Waals surface area contributed by atoms with Crippen LogP contribution in [0.15, 0.2) is 0 Å². The predicted molar refractivity (Wildman–Crippen MR) is 98.6 cm³/mol. The Labute approximate surface area is 158 Å². The van der Waals surface area contributed by atoms with Crippen molar-refractivity contribution in [3.63, 3.8) is 0 Å². The van der Waals surface area contributed by atoms with E-state index in [-0.39, 0.29) is 18.2 Å². The van der Waals surface area contributed by atoms with Gasteiger partial charge in [-0.15, -0.1) is 0 Å². The molecule has 0 aromatic heterocycles. The molecule has 9 nitrogen and oxygen atoms in total. The van der Waals surface area contributed by atoms with E-state index in [1.54, 1.807) is 0 Å². The van der Waals surface area contributed by atoms with Gasteiger partial charge in [-0.25, -0.2) is 4.79 Å². The average Bonchev–Trinajstić information content (AvgIpc) is 3.07. The fourth-order valence-electron chi connectivity index (χ4n) is 2.90. The predicted octanol–water partition coefficient (Wildman–Crippen LogP) is -1.03. The van der Waals surface area contributed by atoms with Gasteiger partial charge in [0.25, 0.3) is 0 Å². The minimum Gasteiger partial charge on any atom is -0.480 e. The smallest absolute Gasteiger partial charge is 0.326 e. The Bertz CT molecular complexity index is 543. The summed E-state index contributed by atoms with van der Waals surface area (Å²) < 4.78 is 0. The van der Waals surface area contributed by atoms with Gasteiger partial charge in [-0.1, -0.05) is 13.8 Å². The normalized spacial score (nSPS) is 19.1. The van der Waals surface area contributed by atoms with Crippen LogP contribution in [0.1, 0.15) is 33.1 Å². The Morgan fingerprint density at radius 2 is 1.88 bits per heavy atom. The summed E-state index contributed by atoms with van der Waals surface area (Å²) in [6.45, 7) is 3.88. The van der Waals surface area contributed by atoms with Gasteiger partial charge in [0, 0.05) is 12.3 Å². The van der Waals surface area contributed by atoms with Crippen molar-refractivity contribution in [1.29, 1.82) is 0 Å². The molecule has 0 aliphatic carbocycles. The third-order valence-electron chi connectivity index (χ3n) is 4.16. The van der Waals surface area contributed by atoms with Crippen molar-refractivity contribution in [3.8, 4) is 0 Å². The summed E-state index contributed by atoms with van der Waals surface area (Å²) in [6, 6.07) is -2.67. The molecule has 1 heterocycles. The van der Waals surface area contributed by atoms with Crippen LogP contribution in [0.3, 0.4) is 0 Å². The fourth-order valence-corrected chi connectivity index (χ4v) is 3.15. The van der Waals surface area contributed by atoms with E-state index in [9.17, 15) is 24.3 Å². The minimum absolute atomic E-state index is 0.0205. The fraction of sp³-hybridized carbons (Fsp3) is 0.750. The molecule has 0 bridgehead atoms. The summed E-state index contributed by atoms with van der Waals surface area (Å²) in [4.78, 5) is 49.3. The van der Waals surface area contributed by atoms with Crippen LogP contribution in [0, 0.1) is 5.92 Å². The van der Waals surface area contributed by atoms with E-state index >= 15 is 0 Å². The van der Waals surface area contributed by atoms with Crippen LogP contribution in [-0.4, -0.2) is 70.7 Å². The van der Waals surface area contributed by atoms with Crippen molar-refractivity contribution in [1.82, 2.24) is 15.5 Å². The lowest BCUT2D eigenvalue weighted by Crippen LogP contribution is -2.57. The van der Waals surface area contributed by atoms with E-state index in [1.165, 1.54) is 4.90 Å². The summed E-state index contributed by atoms with van der Waals surface area (Å²) in [5.74, 6) is -2.38. The Balaban J connectivity index is 2.82. The summed E-state index contributed by atoms with van der Waals surface area (Å²) in [6.07, 6.45) is 1.36. The molecule has 3 unspecified atom stereocenters. The van der Waals surface area contributed by atoms with Gasteiger partial charge in [0.15, 0.2) is 0 Å². The highest BCUT2D eigenvalue weighted by atomic mass is 32.1. The van der Waals surface area contributed by atoms with Gasteiger partial charge in [-0.05, 0) is 25.2 Å². The van der Waals surface area contributed by atoms with E-state index in [0.29, 0.717) is 25.8 Å². The second-order valence-electron chi connectivity index (χ2n) is 6.73. The number of hydrogen-bond acceptors (Lipinski definition) is 6. The Kier molecular flexibility index (Phi) is 8.86. The molecule has 26 heavy (non-hydrogen) atoms. The Morgan fingerprint density at radius 1 is 1.23 bits per heavy atom. The molecule has 3 amide bonds. The van der Waals surface area contributed by atoms with Crippen molar-refractivity contribution in [3.05, 3.63) is 0 Å². The highest BCUT2D eigenvalue weighted by Crippen LogP contribution is 2.19. The van der Waals surface area contributed by atoms with Gasteiger partial charge < -0.3 is 26.4 Å². The minimum atomic E-state index is -1.06. The van der Waals surface area contributed by atoms with Gasteiger partial charge in [-0.3, -0.25) is 14.4 Å². The number of amides is 3. The van der Waals surface area contributed by atoms with Gasteiger partial charge in [0.2, 0.25) is 17.7 Å². The molecule has 0 radical (unpaired) electrons. The van der Waals surface area contributed by atoms with Crippen LogP contribution in [0.25, 0.3) is 0 Å². The zero-order chi connectivity index (χ0) is 19.9. The van der Waals surface area contributed by atoms with Crippen LogP contribution < -0.4 is 16.4 Å². The number of hydrogen-bond donors (Lipinski definition) is 5. The standard InChI is InChI=1S/C16H28N4O5S/c1-9(2)6-10(18-13(21)7-17)14(22)19-11(8-26)15(23)20-5-3-4-12(20)16(24)25/h9-12,26H,3-8,17H2,1-2H3,(H,18,21)(H,19,22)(H,24,25). The van der Waals surface area contributed by atoms with Crippen LogP contribution in [-0.2, 0) is 19.2 Å². The zero-order valence-electron chi connectivity index (χ0n) is 15.1. The Morgan fingerprint density at radius 3 is 2.38 bits per heavy atom. The maximum absolute atomic E-state index is 12.6. The van der Waals surface area contributed by atoms with Crippen molar-refractivity contribution < 1.29 is 24.3 Å². The molecule has 1 fully saturated rings. The summed E-state index contributed by atoms with van der Waals surface area (Å²) >= 11 is 4.11. The SMILES string of the molecule is CC(C)CC(NC(=O)CN)C(=O)NC(CS)C(=O)N1CCCC1C(=O)O. The first kappa shape index (κ1) is 22.2. The molecular formula is C16H28N4O5S. The molecule has 1 aliphatic heterocycles. The van der Waals surface area contributed by atoms with E-state index in [2.05, 4.69) is 23.3 Å². The largest absolute Gasteiger partial charge is 0.480 e. The number of carboxylic acids is 1. The van der Waals surface area contributed by atoms with Crippen LogP contribution in [0.5, 0.6) is 0 Å². The number of nitrogens with one attached hydrogen (secondary N) is 2. The van der Waals surface area contributed by atoms with Crippen molar-refractivity contribution >= 4 is 36.3 Å². The maximum Gasteiger partial charge on any atom is 0.326 e. The molecule has 0 aromatic rings. The Hall–Kier alpha value is -1.81. The van der Waals surface area contributed by atoms with E-state index in [0.717, 1.165) is 0 Å². The number of likely N-dealkylation sites (tertiary alicyclic amines) is 1. The van der Waals surface area contributed by atoms with Crippen molar-refractivity contribution in [2.75, 3.05) is 18.8 Å². The molecule has 3 atom stereocenters. The lowest BCUT2D eigenvalue weighted by atomic mass is 10.0. The number of aliphatic carboxylic acids is 1. The first-order chi connectivity index (χ1) is 12.2. The van der Waals surface area contributed by atoms with Gasteiger partial charge in [0.1, 0.15) is 18.1 Å². The van der Waals surface area contributed by atoms with Crippen LogP contribution in [0.4, 0.5) is 0 Å². The molecule has 0 spiro atoms. The molecule has 5 N–H and O–H groups in total. The van der Waals surface area contributed by atoms with Crippen molar-refractivity contribution in [2.24, 2.45) is 11.7 Å². The van der Waals surface area contributed by atoms with Crippen molar-refractivity contribution in [2.45, 2.75) is 51.2 Å². The number of carbonyl (C=O) groups is 4.